The van der Waals surface area contributed by atoms with Crippen LogP contribution >= 0.6 is 0 Å². The number of hydrogen-bond donors (Lipinski definition) is 1. The normalized spacial score (nSPS) is 10.3. The molecular weight excluding hydrogens is 252 g/mol. The number of fused-ring (bicyclic) bond motifs is 1. The first-order chi connectivity index (χ1) is 9.58. The molecule has 0 bridgehead atoms. The van der Waals surface area contributed by atoms with Gasteiger partial charge in [-0.15, -0.1) is 0 Å². The lowest BCUT2D eigenvalue weighted by atomic mass is 10.0. The zero-order valence-corrected chi connectivity index (χ0v) is 11.7. The highest BCUT2D eigenvalue weighted by atomic mass is 16.2. The van der Waals surface area contributed by atoms with Crippen molar-refractivity contribution in [3.63, 3.8) is 0 Å². The molecule has 0 heterocycles. The summed E-state index contributed by atoms with van der Waals surface area (Å²) < 4.78 is 0. The topological polar surface area (TPSA) is 49.4 Å². The van der Waals surface area contributed by atoms with Crippen LogP contribution in [-0.4, -0.2) is 37.4 Å². The lowest BCUT2D eigenvalue weighted by Crippen LogP contribution is -2.36. The first-order valence-electron chi connectivity index (χ1n) is 6.51. The van der Waals surface area contributed by atoms with Crippen LogP contribution in [-0.2, 0) is 16.0 Å². The van der Waals surface area contributed by atoms with Crippen molar-refractivity contribution in [2.75, 3.05) is 20.6 Å². The van der Waals surface area contributed by atoms with E-state index in [0.29, 0.717) is 0 Å². The Morgan fingerprint density at radius 3 is 2.50 bits per heavy atom. The second-order valence-electron chi connectivity index (χ2n) is 4.88. The Labute approximate surface area is 118 Å². The summed E-state index contributed by atoms with van der Waals surface area (Å²) in [5.74, 6) is -0.257. The maximum atomic E-state index is 11.9. The molecule has 2 aromatic carbocycles. The molecule has 0 aliphatic carbocycles. The Morgan fingerprint density at radius 1 is 1.05 bits per heavy atom. The molecule has 0 atom stereocenters. The Kier molecular flexibility index (Phi) is 4.35. The van der Waals surface area contributed by atoms with Crippen LogP contribution in [0.4, 0.5) is 0 Å². The molecule has 4 nitrogen and oxygen atoms in total. The molecule has 0 aliphatic rings. The number of rotatable bonds is 4. The average molecular weight is 270 g/mol. The molecule has 0 aromatic heterocycles. The third-order valence-electron chi connectivity index (χ3n) is 3.17. The summed E-state index contributed by atoms with van der Waals surface area (Å²) in [5, 5.41) is 4.83. The van der Waals surface area contributed by atoms with Crippen molar-refractivity contribution in [1.29, 1.82) is 0 Å². The number of carbonyl (C=O) groups excluding carboxylic acids is 2. The number of likely N-dealkylation sites (N-methyl/N-ethyl adjacent to an activating group) is 1. The highest BCUT2D eigenvalue weighted by Crippen LogP contribution is 2.18. The van der Waals surface area contributed by atoms with Crippen molar-refractivity contribution in [2.45, 2.75) is 6.42 Å². The van der Waals surface area contributed by atoms with Crippen LogP contribution in [0.3, 0.4) is 0 Å². The van der Waals surface area contributed by atoms with Crippen LogP contribution in [0.15, 0.2) is 42.5 Å². The quantitative estimate of drug-likeness (QED) is 0.917. The molecule has 2 aromatic rings. The van der Waals surface area contributed by atoms with Gasteiger partial charge in [0, 0.05) is 14.1 Å². The van der Waals surface area contributed by atoms with Gasteiger partial charge in [-0.05, 0) is 16.3 Å². The van der Waals surface area contributed by atoms with Crippen LogP contribution in [0, 0.1) is 0 Å². The van der Waals surface area contributed by atoms with Crippen LogP contribution in [0.2, 0.25) is 0 Å². The van der Waals surface area contributed by atoms with E-state index in [0.717, 1.165) is 16.3 Å². The molecule has 0 fully saturated rings. The van der Waals surface area contributed by atoms with Gasteiger partial charge >= 0.3 is 0 Å². The van der Waals surface area contributed by atoms with E-state index in [2.05, 4.69) is 5.32 Å². The van der Waals surface area contributed by atoms with Crippen LogP contribution < -0.4 is 5.32 Å². The number of nitrogens with zero attached hydrogens (tertiary/aromatic N) is 1. The zero-order valence-electron chi connectivity index (χ0n) is 11.7. The Bertz CT molecular complexity index is 630. The molecule has 2 rings (SSSR count). The van der Waals surface area contributed by atoms with Gasteiger partial charge in [0.25, 0.3) is 0 Å². The van der Waals surface area contributed by atoms with E-state index < -0.39 is 0 Å². The summed E-state index contributed by atoms with van der Waals surface area (Å²) in [6.45, 7) is 0.0383. The Morgan fingerprint density at radius 2 is 1.75 bits per heavy atom. The Balaban J connectivity index is 2.05. The molecule has 0 aliphatic heterocycles. The summed E-state index contributed by atoms with van der Waals surface area (Å²) in [6.07, 6.45) is 0.280. The van der Waals surface area contributed by atoms with Crippen LogP contribution in [0.25, 0.3) is 10.8 Å². The summed E-state index contributed by atoms with van der Waals surface area (Å²) in [7, 11) is 3.33. The number of amides is 2. The van der Waals surface area contributed by atoms with E-state index in [9.17, 15) is 9.59 Å². The van der Waals surface area contributed by atoms with Crippen LogP contribution in [0.5, 0.6) is 0 Å². The molecule has 0 saturated heterocycles. The van der Waals surface area contributed by atoms with Gasteiger partial charge in [0.15, 0.2) is 0 Å². The minimum atomic E-state index is -0.142. The fourth-order valence-electron chi connectivity index (χ4n) is 2.01. The summed E-state index contributed by atoms with van der Waals surface area (Å²) in [6, 6.07) is 13.9. The third kappa shape index (κ3) is 3.35. The first kappa shape index (κ1) is 14.1. The molecule has 104 valence electrons. The highest BCUT2D eigenvalue weighted by molar-refractivity contribution is 5.91. The summed E-state index contributed by atoms with van der Waals surface area (Å²) in [4.78, 5) is 24.8. The Hall–Kier alpha value is -2.36. The van der Waals surface area contributed by atoms with Crippen molar-refractivity contribution < 1.29 is 9.59 Å². The molecule has 0 radical (unpaired) electrons. The van der Waals surface area contributed by atoms with Gasteiger partial charge in [0.05, 0.1) is 13.0 Å². The number of nitrogens with one attached hydrogen (secondary N) is 1. The molecule has 20 heavy (non-hydrogen) atoms. The van der Waals surface area contributed by atoms with Crippen LogP contribution in [0.1, 0.15) is 5.56 Å². The van der Waals surface area contributed by atoms with E-state index in [4.69, 9.17) is 0 Å². The van der Waals surface area contributed by atoms with E-state index in [1.165, 1.54) is 4.90 Å². The molecule has 0 saturated carbocycles. The smallest absolute Gasteiger partial charge is 0.241 e. The monoisotopic (exact) mass is 270 g/mol. The number of carbonyl (C=O) groups is 2. The summed E-state index contributed by atoms with van der Waals surface area (Å²) >= 11 is 0. The molecule has 0 spiro atoms. The SMILES string of the molecule is CN(C)C(=O)CNC(=O)Cc1cccc2ccccc12. The maximum Gasteiger partial charge on any atom is 0.241 e. The zero-order chi connectivity index (χ0) is 14.5. The standard InChI is InChI=1S/C16H18N2O2/c1-18(2)16(20)11-17-15(19)10-13-8-5-7-12-6-3-4-9-14(12)13/h3-9H,10-11H2,1-2H3,(H,17,19). The predicted octanol–water partition coefficient (Wildman–Crippen LogP) is 1.59. The number of hydrogen-bond acceptors (Lipinski definition) is 2. The van der Waals surface area contributed by atoms with Gasteiger partial charge in [-0.25, -0.2) is 0 Å². The lowest BCUT2D eigenvalue weighted by molar-refractivity contribution is -0.130. The molecule has 4 heteroatoms. The average Bonchev–Trinajstić information content (AvgIpc) is 2.45. The van der Waals surface area contributed by atoms with Crippen molar-refractivity contribution in [1.82, 2.24) is 10.2 Å². The minimum Gasteiger partial charge on any atom is -0.347 e. The van der Waals surface area contributed by atoms with E-state index >= 15 is 0 Å². The van der Waals surface area contributed by atoms with Gasteiger partial charge in [0.1, 0.15) is 0 Å². The minimum absolute atomic E-state index is 0.0383. The van der Waals surface area contributed by atoms with Gasteiger partial charge in [-0.2, -0.15) is 0 Å². The second kappa shape index (κ2) is 6.19. The van der Waals surface area contributed by atoms with Crippen molar-refractivity contribution >= 4 is 22.6 Å². The third-order valence-corrected chi connectivity index (χ3v) is 3.17. The van der Waals surface area contributed by atoms with Gasteiger partial charge in [-0.3, -0.25) is 9.59 Å². The fraction of sp³-hybridized carbons (Fsp3) is 0.250. The van der Waals surface area contributed by atoms with Gasteiger partial charge < -0.3 is 10.2 Å². The van der Waals surface area contributed by atoms with Crippen molar-refractivity contribution in [3.8, 4) is 0 Å². The van der Waals surface area contributed by atoms with Gasteiger partial charge in [0.2, 0.25) is 11.8 Å². The maximum absolute atomic E-state index is 11.9. The first-order valence-corrected chi connectivity index (χ1v) is 6.51. The number of benzene rings is 2. The van der Waals surface area contributed by atoms with E-state index in [1.807, 2.05) is 42.5 Å². The lowest BCUT2D eigenvalue weighted by Gasteiger charge is -2.11. The fourth-order valence-corrected chi connectivity index (χ4v) is 2.01. The molecular formula is C16H18N2O2. The molecule has 2 amide bonds. The predicted molar refractivity (Wildman–Crippen MR) is 79.4 cm³/mol. The molecule has 0 unspecified atom stereocenters. The van der Waals surface area contributed by atoms with Gasteiger partial charge in [-0.1, -0.05) is 42.5 Å². The van der Waals surface area contributed by atoms with E-state index in [-0.39, 0.29) is 24.8 Å². The second-order valence-corrected chi connectivity index (χ2v) is 4.88. The van der Waals surface area contributed by atoms with Crippen molar-refractivity contribution in [2.24, 2.45) is 0 Å². The van der Waals surface area contributed by atoms with E-state index in [1.54, 1.807) is 14.1 Å². The summed E-state index contributed by atoms with van der Waals surface area (Å²) in [5.41, 5.74) is 0.970. The molecule has 1 N–H and O–H groups in total. The van der Waals surface area contributed by atoms with Crippen molar-refractivity contribution in [3.05, 3.63) is 48.0 Å². The largest absolute Gasteiger partial charge is 0.347 e. The highest BCUT2D eigenvalue weighted by Gasteiger charge is 2.09.